The summed E-state index contributed by atoms with van der Waals surface area (Å²) < 4.78 is 19.8. The van der Waals surface area contributed by atoms with Gasteiger partial charge in [-0.25, -0.2) is 4.39 Å². The molecule has 7 heteroatoms. The summed E-state index contributed by atoms with van der Waals surface area (Å²) in [5.41, 5.74) is 3.20. The molecule has 1 saturated heterocycles. The molecule has 0 spiro atoms. The van der Waals surface area contributed by atoms with Gasteiger partial charge in [0.2, 0.25) is 0 Å². The summed E-state index contributed by atoms with van der Waals surface area (Å²) in [6.07, 6.45) is 4.16. The number of hydrogen-bond acceptors (Lipinski definition) is 4. The van der Waals surface area contributed by atoms with Gasteiger partial charge in [0, 0.05) is 29.3 Å². The standard InChI is InChI=1S/C28H30FN3O3/c1-4-32-13-5-6-20(32)16-30-26(33)18-9-7-17(8-10-18)22-15-24(35-28(22,2)3)25-21-12-11-19(29)14-23(21)31-27(25)34/h7-12,14-15,20H,4-6,13,16H2,1-3H3,(H,30,33)(H,31,34)/b25-24+. The number of likely N-dealkylation sites (tertiary alicyclic amines) is 1. The van der Waals surface area contributed by atoms with Crippen LogP contribution in [-0.4, -0.2) is 48.0 Å². The molecule has 3 aliphatic rings. The number of carbonyl (C=O) groups is 2. The highest BCUT2D eigenvalue weighted by Crippen LogP contribution is 2.44. The third-order valence-corrected chi connectivity index (χ3v) is 7.12. The summed E-state index contributed by atoms with van der Waals surface area (Å²) in [4.78, 5) is 27.8. The van der Waals surface area contributed by atoms with Gasteiger partial charge < -0.3 is 15.4 Å². The summed E-state index contributed by atoms with van der Waals surface area (Å²) >= 11 is 0. The predicted molar refractivity (Wildman–Crippen MR) is 134 cm³/mol. The van der Waals surface area contributed by atoms with Crippen molar-refractivity contribution in [2.75, 3.05) is 25.0 Å². The Bertz CT molecular complexity index is 1250. The van der Waals surface area contributed by atoms with Crippen molar-refractivity contribution in [2.24, 2.45) is 0 Å². The molecule has 3 aliphatic heterocycles. The quantitative estimate of drug-likeness (QED) is 0.621. The molecule has 0 radical (unpaired) electrons. The number of carbonyl (C=O) groups excluding carboxylic acids is 2. The average Bonchev–Trinajstić information content (AvgIpc) is 3.51. The van der Waals surface area contributed by atoms with Crippen molar-refractivity contribution in [3.8, 4) is 0 Å². The second-order valence-corrected chi connectivity index (χ2v) is 9.77. The highest BCUT2D eigenvalue weighted by Gasteiger charge is 2.38. The van der Waals surface area contributed by atoms with Crippen LogP contribution in [0, 0.1) is 5.82 Å². The lowest BCUT2D eigenvalue weighted by Crippen LogP contribution is -2.40. The molecule has 35 heavy (non-hydrogen) atoms. The number of benzene rings is 2. The van der Waals surface area contributed by atoms with Crippen LogP contribution in [0.1, 0.15) is 55.1 Å². The first-order valence-corrected chi connectivity index (χ1v) is 12.2. The lowest BCUT2D eigenvalue weighted by molar-refractivity contribution is -0.111. The third kappa shape index (κ3) is 4.36. The van der Waals surface area contributed by atoms with Crippen molar-refractivity contribution < 1.29 is 18.7 Å². The summed E-state index contributed by atoms with van der Waals surface area (Å²) in [5, 5.41) is 5.79. The Morgan fingerprint density at radius 3 is 2.74 bits per heavy atom. The molecular formula is C28H30FN3O3. The molecule has 2 aromatic rings. The molecular weight excluding hydrogens is 445 g/mol. The molecule has 1 unspecified atom stereocenters. The maximum absolute atomic E-state index is 13.6. The van der Waals surface area contributed by atoms with Gasteiger partial charge in [0.05, 0.1) is 11.3 Å². The van der Waals surface area contributed by atoms with Crippen molar-refractivity contribution in [1.82, 2.24) is 10.2 Å². The number of allylic oxidation sites excluding steroid dienone is 1. The number of fused-ring (bicyclic) bond motifs is 1. The van der Waals surface area contributed by atoms with Gasteiger partial charge in [-0.1, -0.05) is 19.1 Å². The third-order valence-electron chi connectivity index (χ3n) is 7.12. The van der Waals surface area contributed by atoms with Gasteiger partial charge in [-0.2, -0.15) is 0 Å². The smallest absolute Gasteiger partial charge is 0.260 e. The van der Waals surface area contributed by atoms with E-state index in [0.29, 0.717) is 40.7 Å². The summed E-state index contributed by atoms with van der Waals surface area (Å²) in [5.74, 6) is -0.351. The molecule has 0 saturated carbocycles. The fourth-order valence-corrected chi connectivity index (χ4v) is 5.26. The van der Waals surface area contributed by atoms with E-state index in [1.165, 1.54) is 18.6 Å². The fourth-order valence-electron chi connectivity index (χ4n) is 5.26. The maximum atomic E-state index is 13.6. The van der Waals surface area contributed by atoms with Crippen LogP contribution in [0.15, 0.2) is 54.3 Å². The number of rotatable bonds is 5. The van der Waals surface area contributed by atoms with Crippen molar-refractivity contribution >= 4 is 28.6 Å². The van der Waals surface area contributed by atoms with E-state index in [9.17, 15) is 14.0 Å². The summed E-state index contributed by atoms with van der Waals surface area (Å²) in [6, 6.07) is 12.1. The molecule has 6 nitrogen and oxygen atoms in total. The topological polar surface area (TPSA) is 70.7 Å². The molecule has 5 rings (SSSR count). The van der Waals surface area contributed by atoms with Crippen molar-refractivity contribution in [2.45, 2.75) is 45.3 Å². The van der Waals surface area contributed by atoms with E-state index in [-0.39, 0.29) is 11.8 Å². The Labute approximate surface area is 204 Å². The van der Waals surface area contributed by atoms with Gasteiger partial charge in [0.15, 0.2) is 0 Å². The number of nitrogens with zero attached hydrogens (tertiary/aromatic N) is 1. The first-order chi connectivity index (χ1) is 16.8. The fraction of sp³-hybridized carbons (Fsp3) is 0.357. The number of ether oxygens (including phenoxy) is 1. The van der Waals surface area contributed by atoms with E-state index in [4.69, 9.17) is 4.74 Å². The Morgan fingerprint density at radius 1 is 1.23 bits per heavy atom. The van der Waals surface area contributed by atoms with Crippen LogP contribution in [0.2, 0.25) is 0 Å². The molecule has 1 atom stereocenters. The van der Waals surface area contributed by atoms with Gasteiger partial charge in [0.25, 0.3) is 11.8 Å². The van der Waals surface area contributed by atoms with E-state index in [0.717, 1.165) is 30.6 Å². The minimum atomic E-state index is -0.679. The van der Waals surface area contributed by atoms with E-state index < -0.39 is 11.4 Å². The van der Waals surface area contributed by atoms with Crippen molar-refractivity contribution in [1.29, 1.82) is 0 Å². The lowest BCUT2D eigenvalue weighted by atomic mass is 9.91. The number of likely N-dealkylation sites (N-methyl/N-ethyl adjacent to an activating group) is 1. The second kappa shape index (κ2) is 8.96. The largest absolute Gasteiger partial charge is 0.482 e. The van der Waals surface area contributed by atoms with Gasteiger partial charge >= 0.3 is 0 Å². The Balaban J connectivity index is 1.36. The highest BCUT2D eigenvalue weighted by atomic mass is 19.1. The normalized spacial score (nSPS) is 23.0. The molecule has 1 fully saturated rings. The van der Waals surface area contributed by atoms with Crippen LogP contribution in [0.3, 0.4) is 0 Å². The van der Waals surface area contributed by atoms with Crippen LogP contribution < -0.4 is 10.6 Å². The molecule has 2 aromatic carbocycles. The average molecular weight is 476 g/mol. The summed E-state index contributed by atoms with van der Waals surface area (Å²) in [7, 11) is 0. The highest BCUT2D eigenvalue weighted by molar-refractivity contribution is 6.32. The zero-order valence-corrected chi connectivity index (χ0v) is 20.3. The summed E-state index contributed by atoms with van der Waals surface area (Å²) in [6.45, 7) is 8.79. The molecule has 0 aromatic heterocycles. The van der Waals surface area contributed by atoms with E-state index >= 15 is 0 Å². The van der Waals surface area contributed by atoms with Crippen LogP contribution in [0.25, 0.3) is 11.1 Å². The first-order valence-electron chi connectivity index (χ1n) is 12.2. The van der Waals surface area contributed by atoms with Crippen molar-refractivity contribution in [3.63, 3.8) is 0 Å². The molecule has 0 bridgehead atoms. The molecule has 2 amide bonds. The zero-order chi connectivity index (χ0) is 24.7. The molecule has 182 valence electrons. The monoisotopic (exact) mass is 475 g/mol. The van der Waals surface area contributed by atoms with Gasteiger partial charge in [0.1, 0.15) is 17.2 Å². The molecule has 0 aliphatic carbocycles. The van der Waals surface area contributed by atoms with E-state index in [1.807, 2.05) is 44.2 Å². The number of hydrogen-bond donors (Lipinski definition) is 2. The van der Waals surface area contributed by atoms with Crippen molar-refractivity contribution in [3.05, 3.63) is 76.8 Å². The lowest BCUT2D eigenvalue weighted by Gasteiger charge is -2.24. The minimum absolute atomic E-state index is 0.0790. The van der Waals surface area contributed by atoms with Crippen LogP contribution in [0.4, 0.5) is 10.1 Å². The van der Waals surface area contributed by atoms with Crippen LogP contribution >= 0.6 is 0 Å². The Hall–Kier alpha value is -3.45. The first kappa shape index (κ1) is 23.3. The molecule has 3 heterocycles. The number of nitrogens with one attached hydrogen (secondary N) is 2. The second-order valence-electron chi connectivity index (χ2n) is 9.77. The minimum Gasteiger partial charge on any atom is -0.482 e. The SMILES string of the molecule is CCN1CCCC1CNC(=O)c1ccc(C2=C/C(=C3\C(=O)Nc4cc(F)ccc43)OC2(C)C)cc1. The van der Waals surface area contributed by atoms with Gasteiger partial charge in [-0.15, -0.1) is 0 Å². The van der Waals surface area contributed by atoms with E-state index in [1.54, 1.807) is 6.07 Å². The van der Waals surface area contributed by atoms with Gasteiger partial charge in [-0.3, -0.25) is 14.5 Å². The number of halogens is 1. The number of anilines is 1. The van der Waals surface area contributed by atoms with Gasteiger partial charge in [-0.05, 0) is 81.7 Å². The predicted octanol–water partition coefficient (Wildman–Crippen LogP) is 4.60. The van der Waals surface area contributed by atoms with Crippen LogP contribution in [-0.2, 0) is 9.53 Å². The maximum Gasteiger partial charge on any atom is 0.260 e. The number of amides is 2. The van der Waals surface area contributed by atoms with E-state index in [2.05, 4.69) is 22.5 Å². The molecule has 2 N–H and O–H groups in total. The Morgan fingerprint density at radius 2 is 2.00 bits per heavy atom. The zero-order valence-electron chi connectivity index (χ0n) is 20.3. The Kier molecular flexibility index (Phi) is 5.97. The van der Waals surface area contributed by atoms with Crippen LogP contribution in [0.5, 0.6) is 0 Å².